The van der Waals surface area contributed by atoms with E-state index in [4.69, 9.17) is 28.9 Å². The third-order valence-electron chi connectivity index (χ3n) is 2.89. The lowest BCUT2D eigenvalue weighted by Crippen LogP contribution is -2.00. The Labute approximate surface area is 130 Å². The van der Waals surface area contributed by atoms with Crippen LogP contribution in [0.2, 0.25) is 9.36 Å². The fraction of sp³-hybridized carbons (Fsp3) is 0.0714. The van der Waals surface area contributed by atoms with E-state index in [1.807, 2.05) is 46.6 Å². The van der Waals surface area contributed by atoms with Crippen LogP contribution in [-0.2, 0) is 6.54 Å². The van der Waals surface area contributed by atoms with E-state index in [-0.39, 0.29) is 0 Å². The molecule has 0 radical (unpaired) electrons. The zero-order valence-corrected chi connectivity index (χ0v) is 12.7. The summed E-state index contributed by atoms with van der Waals surface area (Å²) in [5.41, 5.74) is 9.50. The van der Waals surface area contributed by atoms with Crippen molar-refractivity contribution in [2.75, 3.05) is 5.73 Å². The Morgan fingerprint density at radius 3 is 2.60 bits per heavy atom. The highest BCUT2D eigenvalue weighted by molar-refractivity contribution is 7.14. The van der Waals surface area contributed by atoms with Gasteiger partial charge in [0.15, 0.2) is 0 Å². The first-order valence-electron chi connectivity index (χ1n) is 5.93. The number of aromatic nitrogens is 2. The molecule has 0 fully saturated rings. The molecule has 102 valence electrons. The van der Waals surface area contributed by atoms with Gasteiger partial charge in [-0.15, -0.1) is 11.3 Å². The summed E-state index contributed by atoms with van der Waals surface area (Å²) in [6.45, 7) is 0.652. The van der Waals surface area contributed by atoms with Gasteiger partial charge in [0, 0.05) is 22.2 Å². The molecule has 0 unspecified atom stereocenters. The van der Waals surface area contributed by atoms with Crippen LogP contribution >= 0.6 is 34.5 Å². The number of thiophene rings is 1. The van der Waals surface area contributed by atoms with Gasteiger partial charge in [-0.25, -0.2) is 0 Å². The van der Waals surface area contributed by atoms with Crippen LogP contribution in [-0.4, -0.2) is 9.78 Å². The van der Waals surface area contributed by atoms with Crippen LogP contribution in [0.1, 0.15) is 5.56 Å². The first kappa shape index (κ1) is 13.5. The summed E-state index contributed by atoms with van der Waals surface area (Å²) >= 11 is 13.3. The van der Waals surface area contributed by atoms with E-state index in [0.717, 1.165) is 26.2 Å². The minimum atomic E-state index is 0.647. The van der Waals surface area contributed by atoms with E-state index in [0.29, 0.717) is 12.2 Å². The Hall–Kier alpha value is -1.49. The molecular formula is C14H11Cl2N3S. The van der Waals surface area contributed by atoms with Crippen molar-refractivity contribution in [3.63, 3.8) is 0 Å². The lowest BCUT2D eigenvalue weighted by atomic mass is 10.2. The molecule has 6 heteroatoms. The van der Waals surface area contributed by atoms with Gasteiger partial charge in [-0.05, 0) is 23.8 Å². The molecule has 3 aromatic rings. The molecule has 0 atom stereocenters. The summed E-state index contributed by atoms with van der Waals surface area (Å²) in [7, 11) is 0. The Bertz CT molecular complexity index is 731. The number of rotatable bonds is 3. The number of nitrogens with two attached hydrogens (primary N) is 1. The summed E-state index contributed by atoms with van der Waals surface area (Å²) < 4.78 is 2.55. The minimum absolute atomic E-state index is 0.647. The molecule has 0 aliphatic heterocycles. The largest absolute Gasteiger partial charge is 0.396 e. The predicted octanol–water partition coefficient (Wildman–Crippen LogP) is 4.55. The van der Waals surface area contributed by atoms with Gasteiger partial charge in [0.1, 0.15) is 5.69 Å². The summed E-state index contributed by atoms with van der Waals surface area (Å²) in [5.74, 6) is 0. The Morgan fingerprint density at radius 1 is 1.20 bits per heavy atom. The SMILES string of the molecule is Nc1cn(Cc2ccc(Cl)cc2)nc1-c1csc(Cl)c1. The zero-order chi connectivity index (χ0) is 14.1. The molecule has 20 heavy (non-hydrogen) atoms. The number of hydrogen-bond donors (Lipinski definition) is 1. The molecule has 2 aromatic heterocycles. The van der Waals surface area contributed by atoms with Gasteiger partial charge in [0.2, 0.25) is 0 Å². The summed E-state index contributed by atoms with van der Waals surface area (Å²) in [5, 5.41) is 7.19. The van der Waals surface area contributed by atoms with E-state index >= 15 is 0 Å². The standard InChI is InChI=1S/C14H11Cl2N3S/c15-11-3-1-9(2-4-11)6-19-7-12(17)14(18-19)10-5-13(16)20-8-10/h1-5,7-8H,6,17H2. The predicted molar refractivity (Wildman–Crippen MR) is 85.5 cm³/mol. The molecule has 3 nitrogen and oxygen atoms in total. The van der Waals surface area contributed by atoms with Gasteiger partial charge in [-0.1, -0.05) is 35.3 Å². The quantitative estimate of drug-likeness (QED) is 0.768. The smallest absolute Gasteiger partial charge is 0.116 e. The van der Waals surface area contributed by atoms with Crippen molar-refractivity contribution in [3.8, 4) is 11.3 Å². The number of hydrogen-bond acceptors (Lipinski definition) is 3. The van der Waals surface area contributed by atoms with Crippen molar-refractivity contribution in [3.05, 3.63) is 56.8 Å². The fourth-order valence-corrected chi connectivity index (χ4v) is 2.94. The topological polar surface area (TPSA) is 43.8 Å². The van der Waals surface area contributed by atoms with Crippen LogP contribution in [0.25, 0.3) is 11.3 Å². The molecule has 0 amide bonds. The number of nitrogens with zero attached hydrogens (tertiary/aromatic N) is 2. The van der Waals surface area contributed by atoms with Crippen molar-refractivity contribution in [1.82, 2.24) is 9.78 Å². The van der Waals surface area contributed by atoms with E-state index in [9.17, 15) is 0 Å². The van der Waals surface area contributed by atoms with Crippen LogP contribution in [0.5, 0.6) is 0 Å². The van der Waals surface area contributed by atoms with Gasteiger partial charge in [0.05, 0.1) is 16.6 Å². The Balaban J connectivity index is 1.87. The average Bonchev–Trinajstić information content (AvgIpc) is 2.98. The number of benzene rings is 1. The Kier molecular flexibility index (Phi) is 3.70. The average molecular weight is 324 g/mol. The van der Waals surface area contributed by atoms with Crippen molar-refractivity contribution in [1.29, 1.82) is 0 Å². The second-order valence-electron chi connectivity index (χ2n) is 4.40. The van der Waals surface area contributed by atoms with Crippen molar-refractivity contribution in [2.45, 2.75) is 6.54 Å². The molecule has 2 N–H and O–H groups in total. The maximum absolute atomic E-state index is 6.02. The molecule has 3 rings (SSSR count). The molecular weight excluding hydrogens is 313 g/mol. The lowest BCUT2D eigenvalue weighted by molar-refractivity contribution is 0.689. The number of anilines is 1. The van der Waals surface area contributed by atoms with Crippen molar-refractivity contribution < 1.29 is 0 Å². The molecule has 0 saturated carbocycles. The number of nitrogen functional groups attached to an aromatic ring is 1. The van der Waals surface area contributed by atoms with Gasteiger partial charge >= 0.3 is 0 Å². The van der Waals surface area contributed by atoms with E-state index in [1.165, 1.54) is 11.3 Å². The molecule has 1 aromatic carbocycles. The van der Waals surface area contributed by atoms with Gasteiger partial charge in [-0.2, -0.15) is 5.10 Å². The second-order valence-corrected chi connectivity index (χ2v) is 6.38. The van der Waals surface area contributed by atoms with Crippen molar-refractivity contribution >= 4 is 40.2 Å². The maximum atomic E-state index is 6.02. The fourth-order valence-electron chi connectivity index (χ4n) is 1.95. The molecule has 0 spiro atoms. The maximum Gasteiger partial charge on any atom is 0.116 e. The van der Waals surface area contributed by atoms with E-state index in [2.05, 4.69) is 5.10 Å². The number of halogens is 2. The highest BCUT2D eigenvalue weighted by Gasteiger charge is 2.10. The summed E-state index contributed by atoms with van der Waals surface area (Å²) in [6.07, 6.45) is 1.83. The van der Waals surface area contributed by atoms with E-state index < -0.39 is 0 Å². The monoisotopic (exact) mass is 323 g/mol. The highest BCUT2D eigenvalue weighted by atomic mass is 35.5. The molecule has 0 saturated heterocycles. The van der Waals surface area contributed by atoms with E-state index in [1.54, 1.807) is 0 Å². The minimum Gasteiger partial charge on any atom is -0.396 e. The first-order chi connectivity index (χ1) is 9.61. The lowest BCUT2D eigenvalue weighted by Gasteiger charge is -2.01. The van der Waals surface area contributed by atoms with Crippen LogP contribution in [0.4, 0.5) is 5.69 Å². The summed E-state index contributed by atoms with van der Waals surface area (Å²) in [6, 6.07) is 9.55. The zero-order valence-electron chi connectivity index (χ0n) is 10.4. The van der Waals surface area contributed by atoms with Crippen LogP contribution < -0.4 is 5.73 Å². The third-order valence-corrected chi connectivity index (χ3v) is 4.23. The van der Waals surface area contributed by atoms with Crippen LogP contribution in [0.3, 0.4) is 0 Å². The Morgan fingerprint density at radius 2 is 1.95 bits per heavy atom. The molecule has 2 heterocycles. The normalized spacial score (nSPS) is 10.9. The van der Waals surface area contributed by atoms with Gasteiger partial charge in [0.25, 0.3) is 0 Å². The first-order valence-corrected chi connectivity index (χ1v) is 7.57. The molecule has 0 aliphatic carbocycles. The van der Waals surface area contributed by atoms with Gasteiger partial charge < -0.3 is 5.73 Å². The molecule has 0 bridgehead atoms. The van der Waals surface area contributed by atoms with Gasteiger partial charge in [-0.3, -0.25) is 4.68 Å². The molecule has 0 aliphatic rings. The second kappa shape index (κ2) is 5.48. The van der Waals surface area contributed by atoms with Crippen LogP contribution in [0.15, 0.2) is 41.9 Å². The summed E-state index contributed by atoms with van der Waals surface area (Å²) in [4.78, 5) is 0. The highest BCUT2D eigenvalue weighted by Crippen LogP contribution is 2.31. The van der Waals surface area contributed by atoms with Crippen molar-refractivity contribution in [2.24, 2.45) is 0 Å². The third kappa shape index (κ3) is 2.82. The van der Waals surface area contributed by atoms with Crippen LogP contribution in [0, 0.1) is 0 Å².